The first-order valence-electron chi connectivity index (χ1n) is 17.9. The average molecular weight is 651 g/mol. The number of aliphatic hydroxyl groups is 4. The summed E-state index contributed by atoms with van der Waals surface area (Å²) in [7, 11) is 0. The number of rotatable bonds is 7. The Morgan fingerprint density at radius 2 is 1.52 bits per heavy atom. The van der Waals surface area contributed by atoms with E-state index in [0.29, 0.717) is 18.8 Å². The lowest BCUT2D eigenvalue weighted by molar-refractivity contribution is -0.241. The van der Waals surface area contributed by atoms with Gasteiger partial charge in [-0.05, 0) is 105 Å². The Kier molecular flexibility index (Phi) is 9.37. The molecule has 1 heterocycles. The van der Waals surface area contributed by atoms with Gasteiger partial charge in [-0.25, -0.2) is 4.79 Å². The van der Waals surface area contributed by atoms with Crippen LogP contribution in [0.4, 0.5) is 0 Å². The molecule has 0 amide bonds. The molecule has 46 heavy (non-hydrogen) atoms. The summed E-state index contributed by atoms with van der Waals surface area (Å²) < 4.78 is 17.4. The summed E-state index contributed by atoms with van der Waals surface area (Å²) in [6.07, 6.45) is 2.16. The number of hydrogen-bond acceptors (Lipinski definition) is 9. The van der Waals surface area contributed by atoms with Crippen molar-refractivity contribution in [3.05, 3.63) is 0 Å². The van der Waals surface area contributed by atoms with Gasteiger partial charge in [-0.15, -0.1) is 0 Å². The highest BCUT2D eigenvalue weighted by Gasteiger charge is 2.71. The highest BCUT2D eigenvalue weighted by Crippen LogP contribution is 2.75. The Labute approximate surface area is 276 Å². The molecule has 5 rings (SSSR count). The molecular formula is C37H62O9. The lowest BCUT2D eigenvalue weighted by Gasteiger charge is -2.68. The van der Waals surface area contributed by atoms with E-state index in [4.69, 9.17) is 14.2 Å². The van der Waals surface area contributed by atoms with Gasteiger partial charge in [0.2, 0.25) is 6.10 Å². The molecule has 0 bridgehead atoms. The van der Waals surface area contributed by atoms with Crippen molar-refractivity contribution in [1.82, 2.24) is 0 Å². The fourth-order valence-corrected chi connectivity index (χ4v) is 12.0. The monoisotopic (exact) mass is 650 g/mol. The largest absolute Gasteiger partial charge is 0.459 e. The summed E-state index contributed by atoms with van der Waals surface area (Å²) in [4.78, 5) is 25.0. The van der Waals surface area contributed by atoms with E-state index in [9.17, 15) is 30.0 Å². The van der Waals surface area contributed by atoms with Gasteiger partial charge in [0.1, 0.15) is 12.2 Å². The minimum absolute atomic E-state index is 0.0377. The molecule has 0 aromatic heterocycles. The molecule has 0 spiro atoms. The fraction of sp³-hybridized carbons (Fsp3) is 0.946. The van der Waals surface area contributed by atoms with E-state index in [1.54, 1.807) is 13.8 Å². The molecule has 5 aliphatic rings. The van der Waals surface area contributed by atoms with Gasteiger partial charge in [0.05, 0.1) is 17.8 Å². The van der Waals surface area contributed by atoms with Crippen LogP contribution in [0.1, 0.15) is 121 Å². The maximum Gasteiger partial charge on any atom is 0.348 e. The van der Waals surface area contributed by atoms with Crippen LogP contribution in [0.3, 0.4) is 0 Å². The van der Waals surface area contributed by atoms with Crippen LogP contribution < -0.4 is 0 Å². The van der Waals surface area contributed by atoms with Crippen LogP contribution in [0.5, 0.6) is 0 Å². The standard InChI is InChI=1S/C37H62O9/c1-19(2)29(44-20(3)38)32(42)46-27-13-14-35(8)23-12-15-36(9)22(21-17-25(45-31(21)41)30(40)34(6,7)43)11-16-37(36,10)28(23)24(39)18-26(35)33(27,4)5/h19,21-31,39-41,43H,11-18H2,1-10H3/t21-,22-,23-,24+,25+,26-,27-,28-,29?,30+,31-,35+,36-,37+/m0/s1. The smallest absolute Gasteiger partial charge is 0.348 e. The minimum atomic E-state index is -1.33. The second-order valence-electron chi connectivity index (χ2n) is 18.1. The number of carbonyl (C=O) groups excluding carboxylic acids is 2. The zero-order valence-corrected chi connectivity index (χ0v) is 29.9. The Balaban J connectivity index is 1.37. The van der Waals surface area contributed by atoms with Crippen molar-refractivity contribution in [1.29, 1.82) is 0 Å². The van der Waals surface area contributed by atoms with Crippen molar-refractivity contribution in [3.8, 4) is 0 Å². The van der Waals surface area contributed by atoms with E-state index < -0.39 is 48.2 Å². The van der Waals surface area contributed by atoms with Crippen LogP contribution in [-0.4, -0.2) is 74.8 Å². The van der Waals surface area contributed by atoms with Crippen LogP contribution >= 0.6 is 0 Å². The number of carbonyl (C=O) groups is 2. The number of esters is 2. The fourth-order valence-electron chi connectivity index (χ4n) is 12.0. The molecule has 264 valence electrons. The highest BCUT2D eigenvalue weighted by molar-refractivity contribution is 5.79. The third-order valence-electron chi connectivity index (χ3n) is 14.6. The van der Waals surface area contributed by atoms with Crippen molar-refractivity contribution in [2.75, 3.05) is 0 Å². The highest BCUT2D eigenvalue weighted by atomic mass is 16.6. The number of ether oxygens (including phenoxy) is 3. The molecule has 1 aliphatic heterocycles. The van der Waals surface area contributed by atoms with E-state index in [2.05, 4.69) is 34.6 Å². The van der Waals surface area contributed by atoms with Gasteiger partial charge < -0.3 is 34.6 Å². The zero-order valence-electron chi connectivity index (χ0n) is 29.9. The molecule has 14 atom stereocenters. The molecular weight excluding hydrogens is 588 g/mol. The topological polar surface area (TPSA) is 143 Å². The Morgan fingerprint density at radius 1 is 0.913 bits per heavy atom. The Bertz CT molecular complexity index is 1160. The van der Waals surface area contributed by atoms with Crippen LogP contribution in [-0.2, 0) is 23.8 Å². The predicted octanol–water partition coefficient (Wildman–Crippen LogP) is 5.00. The molecule has 9 heteroatoms. The summed E-state index contributed by atoms with van der Waals surface area (Å²) in [5.74, 6) is -0.578. The van der Waals surface area contributed by atoms with Crippen molar-refractivity contribution >= 4 is 11.9 Å². The normalized spacial score (nSPS) is 46.5. The van der Waals surface area contributed by atoms with Crippen molar-refractivity contribution in [2.45, 2.75) is 163 Å². The van der Waals surface area contributed by atoms with Crippen molar-refractivity contribution < 1.29 is 44.2 Å². The van der Waals surface area contributed by atoms with Crippen molar-refractivity contribution in [3.63, 3.8) is 0 Å². The molecule has 0 aromatic rings. The average Bonchev–Trinajstić information content (AvgIpc) is 3.44. The maximum absolute atomic E-state index is 13.3. The van der Waals surface area contributed by atoms with Gasteiger partial charge in [-0.3, -0.25) is 4.79 Å². The minimum Gasteiger partial charge on any atom is -0.459 e. The summed E-state index contributed by atoms with van der Waals surface area (Å²) in [5.41, 5.74) is -2.00. The first-order chi connectivity index (χ1) is 21.1. The molecule has 4 N–H and O–H groups in total. The van der Waals surface area contributed by atoms with Crippen molar-refractivity contribution in [2.24, 2.45) is 57.2 Å². The van der Waals surface area contributed by atoms with E-state index in [0.717, 1.165) is 38.5 Å². The van der Waals surface area contributed by atoms with E-state index >= 15 is 0 Å². The lowest BCUT2D eigenvalue weighted by atomic mass is 9.37. The number of aliphatic hydroxyl groups excluding tert-OH is 3. The molecule has 1 saturated heterocycles. The Hall–Kier alpha value is -1.26. The second kappa shape index (κ2) is 12.0. The van der Waals surface area contributed by atoms with Gasteiger partial charge in [0, 0.05) is 24.2 Å². The SMILES string of the molecule is CC(=O)OC(C(=O)O[C@H]1CC[C@]2(C)[C@H]3CC[C@@]4(C)[C@H]([C@@H]5C[C@H]([C@@H](O)C(C)(C)O)O[C@@H]5O)CC[C@]4(C)[C@@H]3[C@H](O)C[C@H]2C1(C)C)C(C)C. The van der Waals surface area contributed by atoms with Crippen LogP contribution in [0.25, 0.3) is 0 Å². The summed E-state index contributed by atoms with van der Waals surface area (Å²) in [6.45, 7) is 19.6. The first-order valence-corrected chi connectivity index (χ1v) is 17.9. The molecule has 5 fully saturated rings. The molecule has 4 aliphatic carbocycles. The van der Waals surface area contributed by atoms with Gasteiger partial charge in [0.15, 0.2) is 6.29 Å². The van der Waals surface area contributed by atoms with E-state index in [-0.39, 0.29) is 57.4 Å². The Morgan fingerprint density at radius 3 is 2.11 bits per heavy atom. The second-order valence-corrected chi connectivity index (χ2v) is 18.1. The summed E-state index contributed by atoms with van der Waals surface area (Å²) in [5, 5.41) is 44.5. The van der Waals surface area contributed by atoms with Gasteiger partial charge in [-0.2, -0.15) is 0 Å². The van der Waals surface area contributed by atoms with Gasteiger partial charge >= 0.3 is 11.9 Å². The van der Waals surface area contributed by atoms with E-state index in [1.165, 1.54) is 6.92 Å². The molecule has 9 nitrogen and oxygen atoms in total. The predicted molar refractivity (Wildman–Crippen MR) is 172 cm³/mol. The number of fused-ring (bicyclic) bond motifs is 5. The molecule has 4 saturated carbocycles. The number of hydrogen-bond donors (Lipinski definition) is 4. The molecule has 1 unspecified atom stereocenters. The van der Waals surface area contributed by atoms with Crippen LogP contribution in [0.15, 0.2) is 0 Å². The summed E-state index contributed by atoms with van der Waals surface area (Å²) >= 11 is 0. The quantitative estimate of drug-likeness (QED) is 0.280. The third-order valence-corrected chi connectivity index (χ3v) is 14.6. The van der Waals surface area contributed by atoms with Crippen LogP contribution in [0.2, 0.25) is 0 Å². The molecule has 0 aromatic carbocycles. The molecule has 0 radical (unpaired) electrons. The first kappa shape index (κ1) is 36.0. The van der Waals surface area contributed by atoms with Crippen LogP contribution in [0, 0.1) is 57.2 Å². The lowest BCUT2D eigenvalue weighted by Crippen LogP contribution is -2.65. The summed E-state index contributed by atoms with van der Waals surface area (Å²) in [6, 6.07) is 0. The maximum atomic E-state index is 13.3. The van der Waals surface area contributed by atoms with Gasteiger partial charge in [0.25, 0.3) is 0 Å². The van der Waals surface area contributed by atoms with Gasteiger partial charge in [-0.1, -0.05) is 48.5 Å². The van der Waals surface area contributed by atoms with E-state index in [1.807, 2.05) is 13.8 Å². The third kappa shape index (κ3) is 5.56. The zero-order chi connectivity index (χ0) is 34.4.